The van der Waals surface area contributed by atoms with E-state index in [0.717, 1.165) is 11.4 Å². The number of furan rings is 1. The van der Waals surface area contributed by atoms with Crippen LogP contribution in [0.3, 0.4) is 0 Å². The average Bonchev–Trinajstić information content (AvgIpc) is 3.49. The van der Waals surface area contributed by atoms with E-state index in [1.54, 1.807) is 37.4 Å². The third kappa shape index (κ3) is 4.45. The van der Waals surface area contributed by atoms with Crippen LogP contribution in [0.2, 0.25) is 0 Å². The lowest BCUT2D eigenvalue weighted by Crippen LogP contribution is -2.25. The van der Waals surface area contributed by atoms with E-state index in [1.165, 1.54) is 0 Å². The first-order chi connectivity index (χ1) is 15.2. The Morgan fingerprint density at radius 3 is 2.61 bits per heavy atom. The zero-order chi connectivity index (χ0) is 21.6. The van der Waals surface area contributed by atoms with Crippen molar-refractivity contribution in [2.45, 2.75) is 6.42 Å². The number of hydrogen-bond acceptors (Lipinski definition) is 5. The minimum atomic E-state index is -0.221. The van der Waals surface area contributed by atoms with Crippen molar-refractivity contribution in [2.75, 3.05) is 20.8 Å². The Bertz CT molecular complexity index is 1150. The molecule has 1 N–H and O–H groups in total. The van der Waals surface area contributed by atoms with Crippen LogP contribution in [0.4, 0.5) is 0 Å². The van der Waals surface area contributed by atoms with Crippen molar-refractivity contribution in [1.82, 2.24) is 15.1 Å². The Balaban J connectivity index is 1.69. The molecule has 0 saturated carbocycles. The van der Waals surface area contributed by atoms with Crippen molar-refractivity contribution in [3.8, 4) is 28.4 Å². The fraction of sp³-hybridized carbons (Fsp3) is 0.167. The van der Waals surface area contributed by atoms with E-state index in [1.807, 2.05) is 54.6 Å². The van der Waals surface area contributed by atoms with Gasteiger partial charge >= 0.3 is 0 Å². The normalized spacial score (nSPS) is 10.6. The lowest BCUT2D eigenvalue weighted by Gasteiger charge is -2.10. The van der Waals surface area contributed by atoms with Gasteiger partial charge in [0.2, 0.25) is 0 Å². The molecule has 0 bridgehead atoms. The van der Waals surface area contributed by atoms with E-state index in [-0.39, 0.29) is 5.91 Å². The Labute approximate surface area is 180 Å². The van der Waals surface area contributed by atoms with Gasteiger partial charge < -0.3 is 19.2 Å². The summed E-state index contributed by atoms with van der Waals surface area (Å²) in [7, 11) is 3.17. The summed E-state index contributed by atoms with van der Waals surface area (Å²) in [5.41, 5.74) is 2.53. The Hall–Kier alpha value is -4.00. The van der Waals surface area contributed by atoms with Gasteiger partial charge in [-0.25, -0.2) is 4.68 Å². The Morgan fingerprint density at radius 2 is 1.90 bits per heavy atom. The summed E-state index contributed by atoms with van der Waals surface area (Å²) >= 11 is 0. The minimum Gasteiger partial charge on any atom is -0.497 e. The van der Waals surface area contributed by atoms with Gasteiger partial charge in [-0.05, 0) is 36.4 Å². The first-order valence-corrected chi connectivity index (χ1v) is 9.87. The highest BCUT2D eigenvalue weighted by atomic mass is 16.5. The molecule has 2 heterocycles. The summed E-state index contributed by atoms with van der Waals surface area (Å²) in [5.74, 6) is 1.83. The van der Waals surface area contributed by atoms with Crippen LogP contribution in [0.5, 0.6) is 11.5 Å². The van der Waals surface area contributed by atoms with E-state index in [0.29, 0.717) is 41.3 Å². The van der Waals surface area contributed by atoms with Gasteiger partial charge in [-0.2, -0.15) is 5.10 Å². The molecule has 0 atom stereocenters. The van der Waals surface area contributed by atoms with E-state index >= 15 is 0 Å². The fourth-order valence-electron chi connectivity index (χ4n) is 3.30. The zero-order valence-electron chi connectivity index (χ0n) is 17.4. The number of nitrogens with one attached hydrogen (secondary N) is 1. The summed E-state index contributed by atoms with van der Waals surface area (Å²) in [4.78, 5) is 13.1. The summed E-state index contributed by atoms with van der Waals surface area (Å²) in [5, 5.41) is 7.66. The predicted molar refractivity (Wildman–Crippen MR) is 117 cm³/mol. The Kier molecular flexibility index (Phi) is 6.03. The van der Waals surface area contributed by atoms with Crippen LogP contribution in [-0.2, 0) is 6.42 Å². The van der Waals surface area contributed by atoms with Crippen molar-refractivity contribution in [1.29, 1.82) is 0 Å². The fourth-order valence-corrected chi connectivity index (χ4v) is 3.30. The number of rotatable bonds is 8. The minimum absolute atomic E-state index is 0.221. The molecule has 31 heavy (non-hydrogen) atoms. The van der Waals surface area contributed by atoms with Gasteiger partial charge in [0.15, 0.2) is 0 Å². The highest BCUT2D eigenvalue weighted by Crippen LogP contribution is 2.34. The first-order valence-electron chi connectivity index (χ1n) is 9.87. The standard InChI is InChI=1S/C24H23N3O4/c1-29-19-10-11-20(22(15-19)30-2)23-21(16-27(26-23)17-7-4-3-5-8-17)24(28)25-13-12-18-9-6-14-31-18/h3-11,14-16H,12-13H2,1-2H3,(H,25,28). The molecule has 0 aliphatic heterocycles. The number of benzene rings is 2. The van der Waals surface area contributed by atoms with Crippen molar-refractivity contribution in [3.05, 3.63) is 84.4 Å². The van der Waals surface area contributed by atoms with E-state index < -0.39 is 0 Å². The average molecular weight is 417 g/mol. The summed E-state index contributed by atoms with van der Waals surface area (Å²) in [6, 6.07) is 18.8. The maximum Gasteiger partial charge on any atom is 0.255 e. The maximum atomic E-state index is 13.1. The van der Waals surface area contributed by atoms with E-state index in [9.17, 15) is 4.79 Å². The molecular formula is C24H23N3O4. The second-order valence-corrected chi connectivity index (χ2v) is 6.82. The van der Waals surface area contributed by atoms with Crippen LogP contribution in [0.15, 0.2) is 77.5 Å². The quantitative estimate of drug-likeness (QED) is 0.467. The van der Waals surface area contributed by atoms with Gasteiger partial charge in [-0.1, -0.05) is 18.2 Å². The lowest BCUT2D eigenvalue weighted by molar-refractivity contribution is 0.0954. The largest absolute Gasteiger partial charge is 0.497 e. The number of nitrogens with zero attached hydrogens (tertiary/aromatic N) is 2. The molecule has 0 saturated heterocycles. The second kappa shape index (κ2) is 9.21. The molecule has 2 aromatic carbocycles. The van der Waals surface area contributed by atoms with Gasteiger partial charge in [0.05, 0.1) is 31.7 Å². The number of carbonyl (C=O) groups excluding carboxylic acids is 1. The molecule has 0 aliphatic carbocycles. The van der Waals surface area contributed by atoms with Gasteiger partial charge in [0.1, 0.15) is 23.0 Å². The summed E-state index contributed by atoms with van der Waals surface area (Å²) < 4.78 is 17.9. The van der Waals surface area contributed by atoms with E-state index in [4.69, 9.17) is 19.0 Å². The molecule has 2 aromatic heterocycles. The number of ether oxygens (including phenoxy) is 2. The molecule has 7 heteroatoms. The monoisotopic (exact) mass is 417 g/mol. The van der Waals surface area contributed by atoms with Crippen LogP contribution in [0, 0.1) is 0 Å². The molecule has 1 amide bonds. The molecule has 7 nitrogen and oxygen atoms in total. The van der Waals surface area contributed by atoms with Crippen LogP contribution >= 0.6 is 0 Å². The summed E-state index contributed by atoms with van der Waals surface area (Å²) in [6.45, 7) is 0.446. The van der Waals surface area contributed by atoms with Crippen molar-refractivity contribution in [3.63, 3.8) is 0 Å². The van der Waals surface area contributed by atoms with Gasteiger partial charge in [-0.3, -0.25) is 4.79 Å². The highest BCUT2D eigenvalue weighted by Gasteiger charge is 2.21. The third-order valence-electron chi connectivity index (χ3n) is 4.88. The summed E-state index contributed by atoms with van der Waals surface area (Å²) in [6.07, 6.45) is 3.96. The zero-order valence-corrected chi connectivity index (χ0v) is 17.4. The van der Waals surface area contributed by atoms with Crippen LogP contribution in [0.25, 0.3) is 16.9 Å². The number of methoxy groups -OCH3 is 2. The number of carbonyl (C=O) groups is 1. The molecule has 0 aliphatic rings. The van der Waals surface area contributed by atoms with Crippen LogP contribution < -0.4 is 14.8 Å². The molecule has 0 spiro atoms. The topological polar surface area (TPSA) is 78.5 Å². The molecule has 0 unspecified atom stereocenters. The van der Waals surface area contributed by atoms with Crippen LogP contribution in [0.1, 0.15) is 16.1 Å². The number of hydrogen-bond donors (Lipinski definition) is 1. The lowest BCUT2D eigenvalue weighted by atomic mass is 10.1. The smallest absolute Gasteiger partial charge is 0.255 e. The SMILES string of the molecule is COc1ccc(-c2nn(-c3ccccc3)cc2C(=O)NCCc2ccco2)c(OC)c1. The second-order valence-electron chi connectivity index (χ2n) is 6.82. The molecule has 0 fully saturated rings. The molecule has 4 rings (SSSR count). The number of para-hydroxylation sites is 1. The van der Waals surface area contributed by atoms with Gasteiger partial charge in [0.25, 0.3) is 5.91 Å². The van der Waals surface area contributed by atoms with Crippen molar-refractivity contribution < 1.29 is 18.7 Å². The van der Waals surface area contributed by atoms with Crippen LogP contribution in [-0.4, -0.2) is 36.5 Å². The van der Waals surface area contributed by atoms with Gasteiger partial charge in [-0.15, -0.1) is 0 Å². The Morgan fingerprint density at radius 1 is 1.06 bits per heavy atom. The van der Waals surface area contributed by atoms with Crippen molar-refractivity contribution >= 4 is 5.91 Å². The predicted octanol–water partition coefficient (Wildman–Crippen LogP) is 4.12. The first kappa shape index (κ1) is 20.3. The third-order valence-corrected chi connectivity index (χ3v) is 4.88. The molecule has 0 radical (unpaired) electrons. The molecular weight excluding hydrogens is 394 g/mol. The molecule has 4 aromatic rings. The maximum absolute atomic E-state index is 13.1. The highest BCUT2D eigenvalue weighted by molar-refractivity contribution is 6.00. The number of aromatic nitrogens is 2. The van der Waals surface area contributed by atoms with Gasteiger partial charge in [0, 0.05) is 30.8 Å². The van der Waals surface area contributed by atoms with Crippen molar-refractivity contribution in [2.24, 2.45) is 0 Å². The number of amides is 1. The molecule has 158 valence electrons. The van der Waals surface area contributed by atoms with E-state index in [2.05, 4.69) is 5.32 Å².